The van der Waals surface area contributed by atoms with E-state index in [1.807, 2.05) is 0 Å². The van der Waals surface area contributed by atoms with Crippen LogP contribution in [0.4, 0.5) is 0 Å². The lowest BCUT2D eigenvalue weighted by Crippen LogP contribution is -2.28. The first kappa shape index (κ1) is 15.6. The summed E-state index contributed by atoms with van der Waals surface area (Å²) in [5, 5.41) is 0. The molecule has 0 aromatic heterocycles. The summed E-state index contributed by atoms with van der Waals surface area (Å²) in [5.41, 5.74) is 0. The van der Waals surface area contributed by atoms with Gasteiger partial charge in [-0.3, -0.25) is 4.79 Å². The highest BCUT2D eigenvalue weighted by atomic mass is 16.5. The number of ether oxygens (including phenoxy) is 2. The van der Waals surface area contributed by atoms with Crippen LogP contribution in [-0.4, -0.2) is 57.2 Å². The van der Waals surface area contributed by atoms with Crippen LogP contribution >= 0.6 is 0 Å². The quantitative estimate of drug-likeness (QED) is 0.559. The molecular formula is C14H27NO3. The number of carbonyl (C=O) groups is 1. The fourth-order valence-corrected chi connectivity index (χ4v) is 2.38. The van der Waals surface area contributed by atoms with Gasteiger partial charge in [0, 0.05) is 13.1 Å². The van der Waals surface area contributed by atoms with E-state index in [0.29, 0.717) is 13.2 Å². The van der Waals surface area contributed by atoms with Crippen molar-refractivity contribution >= 4 is 5.78 Å². The first-order valence-electron chi connectivity index (χ1n) is 7.02. The normalized spacial score (nSPS) is 16.6. The van der Waals surface area contributed by atoms with Gasteiger partial charge in [0.2, 0.25) is 0 Å². The average molecular weight is 257 g/mol. The van der Waals surface area contributed by atoms with Gasteiger partial charge in [-0.05, 0) is 32.7 Å². The number of hydrogen-bond donors (Lipinski definition) is 0. The predicted octanol–water partition coefficient (Wildman–Crippen LogP) is 1.73. The van der Waals surface area contributed by atoms with Gasteiger partial charge in [0.25, 0.3) is 0 Å². The average Bonchev–Trinajstić information content (AvgIpc) is 2.80. The number of nitrogens with zero attached hydrogens (tertiary/aromatic N) is 1. The van der Waals surface area contributed by atoms with Crippen LogP contribution < -0.4 is 0 Å². The minimum absolute atomic E-state index is 0.0614. The number of rotatable bonds is 10. The molecule has 0 saturated heterocycles. The molecule has 0 aromatic rings. The summed E-state index contributed by atoms with van der Waals surface area (Å²) in [6, 6.07) is 0. The van der Waals surface area contributed by atoms with Gasteiger partial charge < -0.3 is 14.4 Å². The van der Waals surface area contributed by atoms with E-state index >= 15 is 0 Å². The first-order chi connectivity index (χ1) is 8.68. The van der Waals surface area contributed by atoms with Crippen molar-refractivity contribution in [1.29, 1.82) is 0 Å². The maximum Gasteiger partial charge on any atom is 0.155 e. The van der Waals surface area contributed by atoms with Crippen molar-refractivity contribution in [2.24, 2.45) is 5.92 Å². The smallest absolute Gasteiger partial charge is 0.155 e. The second-order valence-corrected chi connectivity index (χ2v) is 5.28. The Balaban J connectivity index is 1.86. The van der Waals surface area contributed by atoms with E-state index in [1.165, 1.54) is 39.2 Å². The third-order valence-corrected chi connectivity index (χ3v) is 3.34. The fourth-order valence-electron chi connectivity index (χ4n) is 2.38. The van der Waals surface area contributed by atoms with Crippen molar-refractivity contribution in [2.75, 3.05) is 46.6 Å². The summed E-state index contributed by atoms with van der Waals surface area (Å²) in [7, 11) is 2.16. The third-order valence-electron chi connectivity index (χ3n) is 3.34. The molecule has 0 bridgehead atoms. The largest absolute Gasteiger partial charge is 0.378 e. The molecule has 1 aliphatic carbocycles. The lowest BCUT2D eigenvalue weighted by molar-refractivity contribution is -0.121. The zero-order chi connectivity index (χ0) is 13.2. The Hall–Kier alpha value is -0.450. The van der Waals surface area contributed by atoms with E-state index in [0.717, 1.165) is 19.1 Å². The van der Waals surface area contributed by atoms with E-state index in [-0.39, 0.29) is 12.4 Å². The van der Waals surface area contributed by atoms with Crippen molar-refractivity contribution in [3.05, 3.63) is 0 Å². The van der Waals surface area contributed by atoms with Crippen molar-refractivity contribution in [1.82, 2.24) is 4.90 Å². The molecule has 0 heterocycles. The van der Waals surface area contributed by atoms with Crippen molar-refractivity contribution < 1.29 is 14.3 Å². The number of hydrogen-bond acceptors (Lipinski definition) is 4. The molecule has 1 saturated carbocycles. The molecule has 0 spiro atoms. The molecular weight excluding hydrogens is 230 g/mol. The molecule has 1 aliphatic rings. The number of ketones is 1. The van der Waals surface area contributed by atoms with Crippen LogP contribution in [0.1, 0.15) is 32.6 Å². The molecule has 4 nitrogen and oxygen atoms in total. The number of Topliss-reactive ketones (excluding diaryl/α,β-unsaturated/α-hetero) is 1. The molecule has 0 N–H and O–H groups in total. The molecule has 1 fully saturated rings. The fraction of sp³-hybridized carbons (Fsp3) is 0.929. The maximum atomic E-state index is 10.6. The molecule has 0 radical (unpaired) electrons. The summed E-state index contributed by atoms with van der Waals surface area (Å²) in [4.78, 5) is 13.0. The van der Waals surface area contributed by atoms with Gasteiger partial charge in [-0.2, -0.15) is 0 Å². The Labute approximate surface area is 111 Å². The van der Waals surface area contributed by atoms with Crippen LogP contribution in [0.15, 0.2) is 0 Å². The molecule has 106 valence electrons. The van der Waals surface area contributed by atoms with Gasteiger partial charge in [0.15, 0.2) is 5.78 Å². The molecule has 18 heavy (non-hydrogen) atoms. The molecule has 0 aliphatic heterocycles. The van der Waals surface area contributed by atoms with Crippen molar-refractivity contribution in [2.45, 2.75) is 32.6 Å². The van der Waals surface area contributed by atoms with Crippen LogP contribution in [0.3, 0.4) is 0 Å². The zero-order valence-electron chi connectivity index (χ0n) is 11.8. The van der Waals surface area contributed by atoms with E-state index < -0.39 is 0 Å². The van der Waals surface area contributed by atoms with Crippen LogP contribution in [0.25, 0.3) is 0 Å². The summed E-state index contributed by atoms with van der Waals surface area (Å²) >= 11 is 0. The van der Waals surface area contributed by atoms with E-state index in [1.54, 1.807) is 0 Å². The number of likely N-dealkylation sites (N-methyl/N-ethyl adjacent to an activating group) is 1. The van der Waals surface area contributed by atoms with Gasteiger partial charge in [-0.15, -0.1) is 0 Å². The topological polar surface area (TPSA) is 38.8 Å². The monoisotopic (exact) mass is 257 g/mol. The summed E-state index contributed by atoms with van der Waals surface area (Å²) in [6.07, 6.45) is 5.60. The Morgan fingerprint density at radius 1 is 1.17 bits per heavy atom. The first-order valence-corrected chi connectivity index (χ1v) is 7.02. The molecule has 0 amide bonds. The SMILES string of the molecule is CC(=O)COCCOCCN(C)CC1CCCC1. The maximum absolute atomic E-state index is 10.6. The van der Waals surface area contributed by atoms with Crippen molar-refractivity contribution in [3.63, 3.8) is 0 Å². The number of carbonyl (C=O) groups excluding carboxylic acids is 1. The lowest BCUT2D eigenvalue weighted by atomic mass is 10.1. The van der Waals surface area contributed by atoms with Crippen LogP contribution in [0, 0.1) is 5.92 Å². The van der Waals surface area contributed by atoms with Crippen LogP contribution in [0.5, 0.6) is 0 Å². The summed E-state index contributed by atoms with van der Waals surface area (Å²) in [6.45, 7) is 5.72. The Kier molecular flexibility index (Phi) is 8.22. The Bertz CT molecular complexity index is 227. The lowest BCUT2D eigenvalue weighted by Gasteiger charge is -2.20. The molecule has 4 heteroatoms. The van der Waals surface area contributed by atoms with E-state index in [9.17, 15) is 4.79 Å². The second kappa shape index (κ2) is 9.48. The van der Waals surface area contributed by atoms with E-state index in [4.69, 9.17) is 9.47 Å². The van der Waals surface area contributed by atoms with Gasteiger partial charge in [0.1, 0.15) is 6.61 Å². The Morgan fingerprint density at radius 3 is 2.50 bits per heavy atom. The molecule has 0 unspecified atom stereocenters. The van der Waals surface area contributed by atoms with Gasteiger partial charge in [0.05, 0.1) is 19.8 Å². The van der Waals surface area contributed by atoms with Crippen LogP contribution in [0.2, 0.25) is 0 Å². The molecule has 0 aromatic carbocycles. The highest BCUT2D eigenvalue weighted by Gasteiger charge is 2.16. The highest BCUT2D eigenvalue weighted by molar-refractivity contribution is 5.76. The Morgan fingerprint density at radius 2 is 1.83 bits per heavy atom. The summed E-state index contributed by atoms with van der Waals surface area (Å²) in [5.74, 6) is 0.959. The second-order valence-electron chi connectivity index (χ2n) is 5.28. The highest BCUT2D eigenvalue weighted by Crippen LogP contribution is 2.24. The predicted molar refractivity (Wildman–Crippen MR) is 71.8 cm³/mol. The minimum Gasteiger partial charge on any atom is -0.378 e. The zero-order valence-corrected chi connectivity index (χ0v) is 11.8. The molecule has 0 atom stereocenters. The van der Waals surface area contributed by atoms with Gasteiger partial charge >= 0.3 is 0 Å². The van der Waals surface area contributed by atoms with Gasteiger partial charge in [-0.1, -0.05) is 12.8 Å². The van der Waals surface area contributed by atoms with Crippen molar-refractivity contribution in [3.8, 4) is 0 Å². The summed E-state index contributed by atoms with van der Waals surface area (Å²) < 4.78 is 10.6. The van der Waals surface area contributed by atoms with Gasteiger partial charge in [-0.25, -0.2) is 0 Å². The van der Waals surface area contributed by atoms with E-state index in [2.05, 4.69) is 11.9 Å². The van der Waals surface area contributed by atoms with Crippen LogP contribution in [-0.2, 0) is 14.3 Å². The molecule has 1 rings (SSSR count). The standard InChI is InChI=1S/C14H27NO3/c1-13(16)12-18-10-9-17-8-7-15(2)11-14-5-3-4-6-14/h14H,3-12H2,1-2H3. The third kappa shape index (κ3) is 7.80. The minimum atomic E-state index is 0.0614.